The zero-order valence-electron chi connectivity index (χ0n) is 20.1. The van der Waals surface area contributed by atoms with Crippen molar-refractivity contribution in [2.24, 2.45) is 0 Å². The molecule has 0 aliphatic rings. The number of hydrogen-bond donors (Lipinski definition) is 0. The molecule has 37 heavy (non-hydrogen) atoms. The van der Waals surface area contributed by atoms with E-state index in [2.05, 4.69) is 133 Å². The van der Waals surface area contributed by atoms with Crippen molar-refractivity contribution in [3.8, 4) is 22.3 Å². The molecule has 7 aromatic carbocycles. The van der Waals surface area contributed by atoms with Gasteiger partial charge in [0, 0.05) is 0 Å². The first-order valence-corrected chi connectivity index (χ1v) is 14.4. The summed E-state index contributed by atoms with van der Waals surface area (Å²) in [5.74, 6) is 0. The van der Waals surface area contributed by atoms with Gasteiger partial charge in [-0.15, -0.1) is 0 Å². The SMILES string of the molecule is c1cc(-c2ccc3c4ccccc4c4ccccc4c3c2)cc(-c2cccc3c2[se]c2ccccc23)c1. The first kappa shape index (κ1) is 21.0. The molecule has 0 saturated carbocycles. The molecule has 8 aromatic rings. The van der Waals surface area contributed by atoms with Crippen LogP contribution >= 0.6 is 0 Å². The molecule has 0 aliphatic heterocycles. The average molecular weight is 534 g/mol. The van der Waals surface area contributed by atoms with E-state index in [1.54, 1.807) is 0 Å². The predicted molar refractivity (Wildman–Crippen MR) is 162 cm³/mol. The average Bonchev–Trinajstić information content (AvgIpc) is 3.36. The maximum absolute atomic E-state index is 2.39. The quantitative estimate of drug-likeness (QED) is 0.153. The van der Waals surface area contributed by atoms with Crippen molar-refractivity contribution in [3.63, 3.8) is 0 Å². The molecule has 1 heterocycles. The fraction of sp³-hybridized carbons (Fsp3) is 0. The summed E-state index contributed by atoms with van der Waals surface area (Å²) in [6, 6.07) is 49.4. The summed E-state index contributed by atoms with van der Waals surface area (Å²) in [4.78, 5) is 0. The molecule has 0 aliphatic carbocycles. The van der Waals surface area contributed by atoms with Crippen LogP contribution in [0.4, 0.5) is 0 Å². The van der Waals surface area contributed by atoms with Crippen molar-refractivity contribution in [2.45, 2.75) is 0 Å². The van der Waals surface area contributed by atoms with Gasteiger partial charge in [0.1, 0.15) is 0 Å². The second-order valence-corrected chi connectivity index (χ2v) is 11.9. The molecule has 8 rings (SSSR count). The van der Waals surface area contributed by atoms with E-state index in [-0.39, 0.29) is 0 Å². The minimum absolute atomic E-state index is 0.335. The summed E-state index contributed by atoms with van der Waals surface area (Å²) in [5.41, 5.74) is 5.19. The van der Waals surface area contributed by atoms with Crippen LogP contribution < -0.4 is 0 Å². The van der Waals surface area contributed by atoms with Gasteiger partial charge in [0.15, 0.2) is 0 Å². The van der Waals surface area contributed by atoms with Crippen LogP contribution in [0.3, 0.4) is 0 Å². The second kappa shape index (κ2) is 8.18. The summed E-state index contributed by atoms with van der Waals surface area (Å²) in [5, 5.41) is 10.7. The molecule has 0 bridgehead atoms. The standard InChI is InChI=1S/C36H22Se/c1-2-13-29-27(11-1)28-12-3-4-14-30(28)34-22-24(19-20-31(29)34)23-9-7-10-25(21-23)26-16-8-17-33-32-15-5-6-18-35(32)37-36(26)33/h1-22H. The number of fused-ring (bicyclic) bond motifs is 9. The molecule has 172 valence electrons. The van der Waals surface area contributed by atoms with E-state index in [0.29, 0.717) is 14.5 Å². The van der Waals surface area contributed by atoms with Crippen molar-refractivity contribution >= 4 is 66.1 Å². The molecule has 0 spiro atoms. The molecular formula is C36H22Se. The van der Waals surface area contributed by atoms with Crippen LogP contribution in [0.2, 0.25) is 0 Å². The minimum atomic E-state index is 0.335. The molecule has 1 aromatic heterocycles. The van der Waals surface area contributed by atoms with Crippen LogP contribution in [0.5, 0.6) is 0 Å². The number of hydrogen-bond acceptors (Lipinski definition) is 0. The molecule has 0 unspecified atom stereocenters. The van der Waals surface area contributed by atoms with E-state index in [1.807, 2.05) is 0 Å². The molecule has 0 saturated heterocycles. The van der Waals surface area contributed by atoms with E-state index >= 15 is 0 Å². The third-order valence-electron chi connectivity index (χ3n) is 7.66. The first-order chi connectivity index (χ1) is 18.3. The number of rotatable bonds is 2. The third kappa shape index (κ3) is 3.22. The molecule has 0 N–H and O–H groups in total. The van der Waals surface area contributed by atoms with E-state index in [1.165, 1.54) is 73.9 Å². The van der Waals surface area contributed by atoms with Crippen molar-refractivity contribution in [2.75, 3.05) is 0 Å². The monoisotopic (exact) mass is 534 g/mol. The van der Waals surface area contributed by atoms with Crippen LogP contribution in [-0.4, -0.2) is 14.5 Å². The summed E-state index contributed by atoms with van der Waals surface area (Å²) in [6.07, 6.45) is 0. The van der Waals surface area contributed by atoms with E-state index in [4.69, 9.17) is 0 Å². The van der Waals surface area contributed by atoms with Gasteiger partial charge in [0.2, 0.25) is 0 Å². The Morgan fingerprint density at radius 2 is 0.865 bits per heavy atom. The summed E-state index contributed by atoms with van der Waals surface area (Å²) in [7, 11) is 0. The van der Waals surface area contributed by atoms with E-state index in [9.17, 15) is 0 Å². The van der Waals surface area contributed by atoms with Gasteiger partial charge in [-0.05, 0) is 0 Å². The molecular weight excluding hydrogens is 511 g/mol. The van der Waals surface area contributed by atoms with Crippen molar-refractivity contribution in [1.82, 2.24) is 0 Å². The predicted octanol–water partition coefficient (Wildman–Crippen LogP) is 9.84. The summed E-state index contributed by atoms with van der Waals surface area (Å²) in [6.45, 7) is 0. The Morgan fingerprint density at radius 3 is 1.62 bits per heavy atom. The van der Waals surface area contributed by atoms with Crippen molar-refractivity contribution in [1.29, 1.82) is 0 Å². The van der Waals surface area contributed by atoms with Crippen molar-refractivity contribution in [3.05, 3.63) is 133 Å². The van der Waals surface area contributed by atoms with Crippen molar-refractivity contribution < 1.29 is 0 Å². The Hall–Kier alpha value is -4.16. The Kier molecular flexibility index (Phi) is 4.64. The molecule has 1 heteroatoms. The maximum atomic E-state index is 2.39. The zero-order chi connectivity index (χ0) is 24.3. The molecule has 0 amide bonds. The van der Waals surface area contributed by atoms with Gasteiger partial charge in [-0.25, -0.2) is 0 Å². The topological polar surface area (TPSA) is 0 Å². The zero-order valence-corrected chi connectivity index (χ0v) is 21.8. The van der Waals surface area contributed by atoms with Crippen LogP contribution in [0.15, 0.2) is 133 Å². The first-order valence-electron chi connectivity index (χ1n) is 12.7. The Morgan fingerprint density at radius 1 is 0.324 bits per heavy atom. The second-order valence-electron chi connectivity index (χ2n) is 9.71. The summed E-state index contributed by atoms with van der Waals surface area (Å²) >= 11 is 0.335. The normalized spacial score (nSPS) is 11.8. The van der Waals surface area contributed by atoms with Gasteiger partial charge in [0.25, 0.3) is 0 Å². The molecule has 0 atom stereocenters. The Labute approximate surface area is 221 Å². The van der Waals surface area contributed by atoms with Gasteiger partial charge < -0.3 is 0 Å². The van der Waals surface area contributed by atoms with E-state index < -0.39 is 0 Å². The van der Waals surface area contributed by atoms with Gasteiger partial charge >= 0.3 is 216 Å². The van der Waals surface area contributed by atoms with E-state index in [0.717, 1.165) is 0 Å². The van der Waals surface area contributed by atoms with Crippen LogP contribution in [0, 0.1) is 0 Å². The van der Waals surface area contributed by atoms with Gasteiger partial charge in [0.05, 0.1) is 0 Å². The molecule has 0 nitrogen and oxygen atoms in total. The van der Waals surface area contributed by atoms with Crippen LogP contribution in [0.1, 0.15) is 0 Å². The van der Waals surface area contributed by atoms with Gasteiger partial charge in [-0.3, -0.25) is 0 Å². The fourth-order valence-electron chi connectivity index (χ4n) is 5.93. The summed E-state index contributed by atoms with van der Waals surface area (Å²) < 4.78 is 2.99. The van der Waals surface area contributed by atoms with Crippen LogP contribution in [-0.2, 0) is 0 Å². The number of benzene rings is 7. The third-order valence-corrected chi connectivity index (χ3v) is 10.2. The fourth-order valence-corrected chi connectivity index (χ4v) is 8.53. The van der Waals surface area contributed by atoms with Gasteiger partial charge in [-0.1, -0.05) is 6.07 Å². The Bertz CT molecular complexity index is 2110. The molecule has 0 radical (unpaired) electrons. The van der Waals surface area contributed by atoms with Crippen LogP contribution in [0.25, 0.3) is 73.9 Å². The molecule has 0 fully saturated rings. The van der Waals surface area contributed by atoms with Gasteiger partial charge in [-0.2, -0.15) is 0 Å². The Balaban J connectivity index is 1.34.